The summed E-state index contributed by atoms with van der Waals surface area (Å²) >= 11 is 0. The summed E-state index contributed by atoms with van der Waals surface area (Å²) in [4.78, 5) is 27.8. The van der Waals surface area contributed by atoms with Crippen LogP contribution in [0.15, 0.2) is 41.5 Å². The molecular formula is C37H52N2O3. The molecule has 228 valence electrons. The Hall–Kier alpha value is -1.98. The van der Waals surface area contributed by atoms with Gasteiger partial charge in [0.15, 0.2) is 0 Å². The van der Waals surface area contributed by atoms with Crippen molar-refractivity contribution in [3.63, 3.8) is 0 Å². The summed E-state index contributed by atoms with van der Waals surface area (Å²) in [5.74, 6) is 4.07. The summed E-state index contributed by atoms with van der Waals surface area (Å²) in [7, 11) is 0. The number of amides is 1. The van der Waals surface area contributed by atoms with Gasteiger partial charge >= 0.3 is 0 Å². The van der Waals surface area contributed by atoms with Gasteiger partial charge in [0.25, 0.3) is 0 Å². The minimum absolute atomic E-state index is 0.0727. The van der Waals surface area contributed by atoms with Gasteiger partial charge in [-0.3, -0.25) is 14.5 Å². The van der Waals surface area contributed by atoms with Gasteiger partial charge in [-0.25, -0.2) is 0 Å². The van der Waals surface area contributed by atoms with Crippen molar-refractivity contribution in [1.82, 2.24) is 10.2 Å². The fourth-order valence-corrected chi connectivity index (χ4v) is 10.9. The molecule has 7 rings (SSSR count). The van der Waals surface area contributed by atoms with E-state index >= 15 is 0 Å². The summed E-state index contributed by atoms with van der Waals surface area (Å²) in [6.07, 6.45) is 13.3. The second-order valence-corrected chi connectivity index (χ2v) is 15.6. The molecule has 42 heavy (non-hydrogen) atoms. The Morgan fingerprint density at radius 1 is 1.12 bits per heavy atom. The van der Waals surface area contributed by atoms with Gasteiger partial charge in [0.1, 0.15) is 5.78 Å². The first kappa shape index (κ1) is 28.8. The Morgan fingerprint density at radius 3 is 2.79 bits per heavy atom. The number of allylic oxidation sites excluding steroid dienone is 1. The normalized spacial score (nSPS) is 41.6. The van der Waals surface area contributed by atoms with E-state index in [-0.39, 0.29) is 17.6 Å². The van der Waals surface area contributed by atoms with Gasteiger partial charge in [0.05, 0.1) is 18.2 Å². The molecule has 5 fully saturated rings. The number of carbonyl (C=O) groups excluding carboxylic acids is 2. The van der Waals surface area contributed by atoms with E-state index in [0.717, 1.165) is 69.7 Å². The highest BCUT2D eigenvalue weighted by atomic mass is 16.5. The molecule has 0 radical (unpaired) electrons. The molecule has 0 bridgehead atoms. The van der Waals surface area contributed by atoms with Gasteiger partial charge < -0.3 is 10.1 Å². The minimum atomic E-state index is -0.0727. The molecule has 6 aliphatic rings. The van der Waals surface area contributed by atoms with Crippen LogP contribution in [0.2, 0.25) is 0 Å². The summed E-state index contributed by atoms with van der Waals surface area (Å²) < 4.78 is 7.14. The van der Waals surface area contributed by atoms with Crippen molar-refractivity contribution in [3.05, 3.63) is 47.0 Å². The largest absolute Gasteiger partial charge is 0.370 e. The van der Waals surface area contributed by atoms with Crippen molar-refractivity contribution in [3.8, 4) is 0 Å². The van der Waals surface area contributed by atoms with Gasteiger partial charge in [-0.05, 0) is 112 Å². The van der Waals surface area contributed by atoms with E-state index in [1.807, 2.05) is 6.07 Å². The van der Waals surface area contributed by atoms with Crippen molar-refractivity contribution >= 4 is 11.7 Å². The molecule has 2 heterocycles. The van der Waals surface area contributed by atoms with Gasteiger partial charge in [0, 0.05) is 32.0 Å². The van der Waals surface area contributed by atoms with Crippen LogP contribution in [0, 0.1) is 35.0 Å². The Balaban J connectivity index is 1.02. The maximum Gasteiger partial charge on any atom is 0.234 e. The molecular weight excluding hydrogens is 520 g/mol. The Morgan fingerprint density at radius 2 is 1.95 bits per heavy atom. The number of rotatable bonds is 5. The summed E-state index contributed by atoms with van der Waals surface area (Å²) in [5.41, 5.74) is 4.92. The van der Waals surface area contributed by atoms with Gasteiger partial charge in [-0.15, -0.1) is 0 Å². The third-order valence-electron chi connectivity index (χ3n) is 13.0. The number of piperidine rings is 1. The molecule has 1 amide bonds. The van der Waals surface area contributed by atoms with Crippen LogP contribution >= 0.6 is 0 Å². The lowest BCUT2D eigenvalue weighted by Crippen LogP contribution is -2.52. The third-order valence-corrected chi connectivity index (χ3v) is 13.0. The molecule has 9 atom stereocenters. The maximum atomic E-state index is 13.1. The number of nitrogens with zero attached hydrogens (tertiary/aromatic N) is 1. The van der Waals surface area contributed by atoms with E-state index in [9.17, 15) is 9.59 Å². The Labute approximate surface area is 253 Å². The second-order valence-electron chi connectivity index (χ2n) is 15.6. The zero-order valence-electron chi connectivity index (χ0n) is 26.2. The molecule has 1 spiro atoms. The number of likely N-dealkylation sites (tertiary alicyclic amines) is 1. The number of hydrogen-bond donors (Lipinski definition) is 1. The standard InChI is InChI=1S/C37H52N2O3/c1-24-17-34-33(39(22-24)23-35(41)38-16-13-26-7-5-4-6-8-26)21-37(42-34)15-12-29-30-10-9-27-18-28(40)11-14-36(27,3)32(30)19-31(29)25(2)20-37/h4-8,24,27,29-30,32-34H,9-23H2,1-3H3,(H,38,41)/t24-,27+,29-,30-,32-,33-,34+,36-,37-/m0/s1. The lowest BCUT2D eigenvalue weighted by molar-refractivity contribution is -0.130. The minimum Gasteiger partial charge on any atom is -0.370 e. The van der Waals surface area contributed by atoms with Gasteiger partial charge in [0.2, 0.25) is 5.91 Å². The number of fused-ring (bicyclic) bond motifs is 6. The first-order chi connectivity index (χ1) is 20.2. The third kappa shape index (κ3) is 5.21. The Bertz CT molecular complexity index is 1230. The average Bonchev–Trinajstić information content (AvgIpc) is 3.48. The van der Waals surface area contributed by atoms with Crippen LogP contribution < -0.4 is 5.32 Å². The molecule has 0 aromatic heterocycles. The first-order valence-corrected chi connectivity index (χ1v) is 17.2. The predicted molar refractivity (Wildman–Crippen MR) is 166 cm³/mol. The topological polar surface area (TPSA) is 58.6 Å². The van der Waals surface area contributed by atoms with E-state index in [1.165, 1.54) is 31.2 Å². The molecule has 2 saturated heterocycles. The number of ether oxygens (including phenoxy) is 1. The highest BCUT2D eigenvalue weighted by Crippen LogP contribution is 2.64. The van der Waals surface area contributed by atoms with Gasteiger partial charge in [-0.1, -0.05) is 55.3 Å². The van der Waals surface area contributed by atoms with E-state index in [2.05, 4.69) is 55.3 Å². The van der Waals surface area contributed by atoms with Crippen molar-refractivity contribution < 1.29 is 14.3 Å². The van der Waals surface area contributed by atoms with Crippen LogP contribution in [-0.2, 0) is 20.7 Å². The van der Waals surface area contributed by atoms with Crippen LogP contribution in [0.5, 0.6) is 0 Å². The van der Waals surface area contributed by atoms with Crippen molar-refractivity contribution in [1.29, 1.82) is 0 Å². The number of benzene rings is 1. The number of carbonyl (C=O) groups is 2. The van der Waals surface area contributed by atoms with Crippen molar-refractivity contribution in [2.75, 3.05) is 19.6 Å². The molecule has 2 aliphatic heterocycles. The summed E-state index contributed by atoms with van der Waals surface area (Å²) in [6.45, 7) is 9.44. The smallest absolute Gasteiger partial charge is 0.234 e. The zero-order chi connectivity index (χ0) is 29.1. The molecule has 4 aliphatic carbocycles. The van der Waals surface area contributed by atoms with Crippen LogP contribution in [0.1, 0.15) is 97.0 Å². The molecule has 5 heteroatoms. The van der Waals surface area contributed by atoms with E-state index in [1.54, 1.807) is 11.1 Å². The first-order valence-electron chi connectivity index (χ1n) is 17.2. The summed E-state index contributed by atoms with van der Waals surface area (Å²) in [6, 6.07) is 10.7. The van der Waals surface area contributed by atoms with Crippen LogP contribution in [0.3, 0.4) is 0 Å². The second kappa shape index (κ2) is 11.2. The lowest BCUT2D eigenvalue weighted by atomic mass is 9.52. The molecule has 0 unspecified atom stereocenters. The highest BCUT2D eigenvalue weighted by Gasteiger charge is 2.58. The molecule has 1 N–H and O–H groups in total. The maximum absolute atomic E-state index is 13.1. The van der Waals surface area contributed by atoms with Gasteiger partial charge in [-0.2, -0.15) is 0 Å². The van der Waals surface area contributed by atoms with E-state index in [4.69, 9.17) is 4.74 Å². The van der Waals surface area contributed by atoms with Crippen molar-refractivity contribution in [2.24, 2.45) is 35.0 Å². The zero-order valence-corrected chi connectivity index (χ0v) is 26.2. The number of hydrogen-bond acceptors (Lipinski definition) is 4. The highest BCUT2D eigenvalue weighted by molar-refractivity contribution is 5.79. The Kier molecular flexibility index (Phi) is 7.66. The number of ketones is 1. The predicted octanol–water partition coefficient (Wildman–Crippen LogP) is 6.51. The lowest BCUT2D eigenvalue weighted by Gasteiger charge is -2.52. The molecule has 3 saturated carbocycles. The van der Waals surface area contributed by atoms with E-state index < -0.39 is 0 Å². The molecule has 1 aromatic rings. The van der Waals surface area contributed by atoms with Crippen molar-refractivity contribution in [2.45, 2.75) is 116 Å². The fraction of sp³-hybridized carbons (Fsp3) is 0.730. The molecule has 5 nitrogen and oxygen atoms in total. The number of Topliss-reactive ketones (excluding diaryl/α,β-unsaturated/α-hetero) is 1. The fourth-order valence-electron chi connectivity index (χ4n) is 10.9. The van der Waals surface area contributed by atoms with E-state index in [0.29, 0.717) is 48.1 Å². The summed E-state index contributed by atoms with van der Waals surface area (Å²) in [5, 5.41) is 3.19. The van der Waals surface area contributed by atoms with Crippen LogP contribution in [-0.4, -0.2) is 54.0 Å². The average molecular weight is 573 g/mol. The quantitative estimate of drug-likeness (QED) is 0.409. The molecule has 1 aromatic carbocycles. The van der Waals surface area contributed by atoms with Crippen LogP contribution in [0.4, 0.5) is 0 Å². The number of nitrogens with one attached hydrogen (secondary N) is 1. The monoisotopic (exact) mass is 572 g/mol. The SMILES string of the molecule is CC1=C2C[C@H]3[C@@H](CC[C@@H]4CC(=O)CC[C@@]43C)[C@@H]2CC[C@]2(C1)C[C@H]1[C@@H](C[C@H](C)CN1CC(=O)NCCc1ccccc1)O2. The van der Waals surface area contributed by atoms with Crippen LogP contribution in [0.25, 0.3) is 0 Å².